The maximum atomic E-state index is 11.1. The fourth-order valence-electron chi connectivity index (χ4n) is 2.15. The highest BCUT2D eigenvalue weighted by molar-refractivity contribution is 5.92. The Bertz CT molecular complexity index is 641. The Kier molecular flexibility index (Phi) is 9.10. The van der Waals surface area contributed by atoms with E-state index < -0.39 is 11.9 Å². The molecule has 0 bridgehead atoms. The normalized spacial score (nSPS) is 9.08. The molecule has 0 aliphatic carbocycles. The van der Waals surface area contributed by atoms with Crippen LogP contribution in [0.5, 0.6) is 0 Å². The topological polar surface area (TPSA) is 74.6 Å². The smallest absolute Gasteiger partial charge is 0.335 e. The van der Waals surface area contributed by atoms with E-state index in [1.165, 1.54) is 0 Å². The Morgan fingerprint density at radius 2 is 0.917 bits per heavy atom. The lowest BCUT2D eigenvalue weighted by Gasteiger charge is -2.08. The van der Waals surface area contributed by atoms with Crippen molar-refractivity contribution in [3.8, 4) is 11.1 Å². The van der Waals surface area contributed by atoms with Crippen LogP contribution in [-0.4, -0.2) is 22.2 Å². The number of carboxylic acid groups (broad SMARTS) is 2. The SMILES string of the molecule is CC.CC.Cc1cc(C(=O)O)cc(-c2cc(C)cc(C(=O)O)c2)c1. The molecule has 4 nitrogen and oxygen atoms in total. The molecule has 0 saturated carbocycles. The summed E-state index contributed by atoms with van der Waals surface area (Å²) in [5, 5.41) is 18.2. The van der Waals surface area contributed by atoms with Crippen molar-refractivity contribution in [1.82, 2.24) is 0 Å². The number of carbonyl (C=O) groups is 2. The molecular formula is C20H26O4. The first-order valence-corrected chi connectivity index (χ1v) is 8.07. The average molecular weight is 330 g/mol. The van der Waals surface area contributed by atoms with Crippen LogP contribution in [0.15, 0.2) is 36.4 Å². The molecule has 24 heavy (non-hydrogen) atoms. The van der Waals surface area contributed by atoms with Crippen LogP contribution in [0.3, 0.4) is 0 Å². The van der Waals surface area contributed by atoms with Crippen molar-refractivity contribution in [2.45, 2.75) is 41.5 Å². The van der Waals surface area contributed by atoms with E-state index in [1.807, 2.05) is 53.7 Å². The van der Waals surface area contributed by atoms with Crippen molar-refractivity contribution in [2.24, 2.45) is 0 Å². The summed E-state index contributed by atoms with van der Waals surface area (Å²) in [5.41, 5.74) is 3.43. The van der Waals surface area contributed by atoms with E-state index in [2.05, 4.69) is 0 Å². The van der Waals surface area contributed by atoms with Gasteiger partial charge in [-0.1, -0.05) is 39.8 Å². The fourth-order valence-corrected chi connectivity index (χ4v) is 2.15. The number of aryl methyl sites for hydroxylation is 2. The molecule has 0 saturated heterocycles. The molecule has 0 aromatic heterocycles. The van der Waals surface area contributed by atoms with E-state index in [4.69, 9.17) is 10.2 Å². The van der Waals surface area contributed by atoms with Crippen LogP contribution in [-0.2, 0) is 0 Å². The van der Waals surface area contributed by atoms with Crippen LogP contribution >= 0.6 is 0 Å². The molecule has 2 aromatic carbocycles. The van der Waals surface area contributed by atoms with Gasteiger partial charge < -0.3 is 10.2 Å². The zero-order chi connectivity index (χ0) is 18.9. The van der Waals surface area contributed by atoms with Gasteiger partial charge in [-0.05, 0) is 60.4 Å². The molecule has 0 atom stereocenters. The van der Waals surface area contributed by atoms with Crippen molar-refractivity contribution in [1.29, 1.82) is 0 Å². The minimum Gasteiger partial charge on any atom is -0.478 e. The number of aromatic carboxylic acids is 2. The van der Waals surface area contributed by atoms with Gasteiger partial charge in [0, 0.05) is 0 Å². The van der Waals surface area contributed by atoms with Gasteiger partial charge in [-0.2, -0.15) is 0 Å². The zero-order valence-electron chi connectivity index (χ0n) is 15.2. The monoisotopic (exact) mass is 330 g/mol. The Morgan fingerprint density at radius 1 is 0.625 bits per heavy atom. The quantitative estimate of drug-likeness (QED) is 0.788. The van der Waals surface area contributed by atoms with Crippen LogP contribution < -0.4 is 0 Å². The van der Waals surface area contributed by atoms with Crippen molar-refractivity contribution in [3.63, 3.8) is 0 Å². The number of benzene rings is 2. The number of rotatable bonds is 3. The van der Waals surface area contributed by atoms with Gasteiger partial charge in [-0.25, -0.2) is 9.59 Å². The number of carboxylic acids is 2. The summed E-state index contributed by atoms with van der Waals surface area (Å²) in [5.74, 6) is -2.00. The van der Waals surface area contributed by atoms with E-state index in [0.29, 0.717) is 11.1 Å². The molecule has 0 unspecified atom stereocenters. The van der Waals surface area contributed by atoms with Crippen LogP contribution in [0.1, 0.15) is 59.5 Å². The molecule has 0 spiro atoms. The highest BCUT2D eigenvalue weighted by atomic mass is 16.4. The maximum absolute atomic E-state index is 11.1. The zero-order valence-corrected chi connectivity index (χ0v) is 15.2. The van der Waals surface area contributed by atoms with E-state index in [-0.39, 0.29) is 11.1 Å². The molecular weight excluding hydrogens is 304 g/mol. The highest BCUT2D eigenvalue weighted by Crippen LogP contribution is 2.25. The van der Waals surface area contributed by atoms with Gasteiger partial charge >= 0.3 is 11.9 Å². The molecule has 0 aliphatic heterocycles. The summed E-state index contributed by atoms with van der Waals surface area (Å²) >= 11 is 0. The molecule has 0 fully saturated rings. The van der Waals surface area contributed by atoms with E-state index >= 15 is 0 Å². The summed E-state index contributed by atoms with van der Waals surface area (Å²) in [6, 6.07) is 9.95. The minimum atomic E-state index is -0.999. The molecule has 2 rings (SSSR count). The van der Waals surface area contributed by atoms with Crippen molar-refractivity contribution in [3.05, 3.63) is 58.7 Å². The summed E-state index contributed by atoms with van der Waals surface area (Å²) in [7, 11) is 0. The van der Waals surface area contributed by atoms with Gasteiger partial charge in [0.25, 0.3) is 0 Å². The lowest BCUT2D eigenvalue weighted by atomic mass is 9.97. The second-order valence-corrected chi connectivity index (χ2v) is 4.79. The molecule has 0 heterocycles. The lowest BCUT2D eigenvalue weighted by Crippen LogP contribution is -1.99. The second kappa shape index (κ2) is 10.2. The molecule has 2 aromatic rings. The number of hydrogen-bond acceptors (Lipinski definition) is 2. The standard InChI is InChI=1S/C16H14O4.2C2H6/c1-9-3-11(7-13(5-9)15(17)18)12-4-10(2)6-14(8-12)16(19)20;2*1-2/h3-8H,1-2H3,(H,17,18)(H,19,20);2*1-2H3. The fraction of sp³-hybridized carbons (Fsp3) is 0.300. The maximum Gasteiger partial charge on any atom is 0.335 e. The first-order valence-electron chi connectivity index (χ1n) is 8.07. The highest BCUT2D eigenvalue weighted by Gasteiger charge is 2.10. The molecule has 0 aliphatic rings. The molecule has 4 heteroatoms. The third-order valence-corrected chi connectivity index (χ3v) is 2.98. The van der Waals surface area contributed by atoms with E-state index in [9.17, 15) is 9.59 Å². The van der Waals surface area contributed by atoms with Crippen LogP contribution in [0.4, 0.5) is 0 Å². The van der Waals surface area contributed by atoms with Gasteiger partial charge in [-0.3, -0.25) is 0 Å². The first-order chi connectivity index (χ1) is 11.4. The molecule has 0 amide bonds. The largest absolute Gasteiger partial charge is 0.478 e. The third-order valence-electron chi connectivity index (χ3n) is 2.98. The van der Waals surface area contributed by atoms with Gasteiger partial charge in [-0.15, -0.1) is 0 Å². The minimum absolute atomic E-state index is 0.193. The predicted molar refractivity (Wildman–Crippen MR) is 98.0 cm³/mol. The van der Waals surface area contributed by atoms with Gasteiger partial charge in [0.1, 0.15) is 0 Å². The van der Waals surface area contributed by atoms with Gasteiger partial charge in [0.05, 0.1) is 11.1 Å². The van der Waals surface area contributed by atoms with E-state index in [0.717, 1.165) is 11.1 Å². The number of hydrogen-bond donors (Lipinski definition) is 2. The van der Waals surface area contributed by atoms with Crippen molar-refractivity contribution >= 4 is 11.9 Å². The Labute approximate surface area is 143 Å². The van der Waals surface area contributed by atoms with Crippen LogP contribution in [0.25, 0.3) is 11.1 Å². The molecule has 130 valence electrons. The van der Waals surface area contributed by atoms with Crippen LogP contribution in [0, 0.1) is 13.8 Å². The Hall–Kier alpha value is -2.62. The summed E-state index contributed by atoms with van der Waals surface area (Å²) in [6.45, 7) is 11.6. The third kappa shape index (κ3) is 5.88. The van der Waals surface area contributed by atoms with Crippen molar-refractivity contribution < 1.29 is 19.8 Å². The van der Waals surface area contributed by atoms with Crippen LogP contribution in [0.2, 0.25) is 0 Å². The van der Waals surface area contributed by atoms with Gasteiger partial charge in [0.15, 0.2) is 0 Å². The summed E-state index contributed by atoms with van der Waals surface area (Å²) in [6.07, 6.45) is 0. The second-order valence-electron chi connectivity index (χ2n) is 4.79. The van der Waals surface area contributed by atoms with Crippen molar-refractivity contribution in [2.75, 3.05) is 0 Å². The summed E-state index contributed by atoms with van der Waals surface area (Å²) in [4.78, 5) is 22.2. The Balaban J connectivity index is 0.00000123. The first kappa shape index (κ1) is 21.4. The van der Waals surface area contributed by atoms with Gasteiger partial charge in [0.2, 0.25) is 0 Å². The predicted octanol–water partition coefficient (Wildman–Crippen LogP) is 5.42. The lowest BCUT2D eigenvalue weighted by molar-refractivity contribution is 0.0686. The Morgan fingerprint density at radius 3 is 1.17 bits per heavy atom. The average Bonchev–Trinajstić information content (AvgIpc) is 2.57. The summed E-state index contributed by atoms with van der Waals surface area (Å²) < 4.78 is 0. The van der Waals surface area contributed by atoms with E-state index in [1.54, 1.807) is 24.3 Å². The molecule has 2 N–H and O–H groups in total. The molecule has 0 radical (unpaired) electrons.